The molecule has 0 saturated heterocycles. The van der Waals surface area contributed by atoms with Crippen LogP contribution in [0, 0.1) is 0 Å². The number of aromatic nitrogens is 3. The van der Waals surface area contributed by atoms with Crippen molar-refractivity contribution in [3.05, 3.63) is 66.4 Å². The van der Waals surface area contributed by atoms with Gasteiger partial charge in [-0.1, -0.05) is 59.9 Å². The maximum Gasteiger partial charge on any atom is 0.226 e. The Balaban J connectivity index is 1.39. The van der Waals surface area contributed by atoms with Gasteiger partial charge in [-0.15, -0.1) is 10.2 Å². The number of aryl methyl sites for hydroxylation is 1. The van der Waals surface area contributed by atoms with Crippen LogP contribution in [0.1, 0.15) is 12.0 Å². The van der Waals surface area contributed by atoms with Gasteiger partial charge in [0.05, 0.1) is 0 Å². The Kier molecular flexibility index (Phi) is 4.26. The van der Waals surface area contributed by atoms with Crippen molar-refractivity contribution in [1.82, 2.24) is 15.2 Å². The monoisotopic (exact) mass is 348 g/mol. The second-order valence-electron chi connectivity index (χ2n) is 5.69. The molecule has 0 aliphatic carbocycles. The number of H-pyrrole nitrogens is 1. The molecule has 5 nitrogen and oxygen atoms in total. The number of nitrogens with one attached hydrogen (secondary N) is 2. The first-order chi connectivity index (χ1) is 12.3. The predicted molar refractivity (Wildman–Crippen MR) is 101 cm³/mol. The Bertz CT molecular complexity index is 1010. The van der Waals surface area contributed by atoms with Crippen molar-refractivity contribution >= 4 is 33.3 Å². The van der Waals surface area contributed by atoms with E-state index in [2.05, 4.69) is 26.6 Å². The molecule has 0 unspecified atom stereocenters. The smallest absolute Gasteiger partial charge is 0.226 e. The summed E-state index contributed by atoms with van der Waals surface area (Å²) in [5, 5.41) is 13.5. The molecule has 6 heteroatoms. The molecular weight excluding hydrogens is 332 g/mol. The molecule has 0 aliphatic heterocycles. The van der Waals surface area contributed by atoms with Crippen LogP contribution in [-0.2, 0) is 11.2 Å². The lowest BCUT2D eigenvalue weighted by molar-refractivity contribution is -0.116. The van der Waals surface area contributed by atoms with Gasteiger partial charge < -0.3 is 10.3 Å². The number of rotatable bonds is 5. The highest BCUT2D eigenvalue weighted by Gasteiger charge is 2.11. The van der Waals surface area contributed by atoms with Crippen LogP contribution in [0.5, 0.6) is 0 Å². The number of anilines is 1. The number of carbonyl (C=O) groups excluding carboxylic acids is 1. The van der Waals surface area contributed by atoms with Crippen molar-refractivity contribution in [2.24, 2.45) is 0 Å². The molecule has 0 radical (unpaired) electrons. The van der Waals surface area contributed by atoms with E-state index in [0.717, 1.165) is 27.0 Å². The fourth-order valence-corrected chi connectivity index (χ4v) is 3.50. The Hall–Kier alpha value is -2.99. The van der Waals surface area contributed by atoms with Crippen molar-refractivity contribution in [2.75, 3.05) is 5.32 Å². The minimum absolute atomic E-state index is 0.0546. The van der Waals surface area contributed by atoms with Gasteiger partial charge in [-0.25, -0.2) is 0 Å². The molecular formula is C19H16N4OS. The van der Waals surface area contributed by atoms with Gasteiger partial charge in [-0.2, -0.15) is 0 Å². The summed E-state index contributed by atoms with van der Waals surface area (Å²) >= 11 is 1.38. The highest BCUT2D eigenvalue weighted by atomic mass is 32.1. The van der Waals surface area contributed by atoms with E-state index in [1.807, 2.05) is 54.7 Å². The third kappa shape index (κ3) is 3.44. The van der Waals surface area contributed by atoms with Gasteiger partial charge in [-0.3, -0.25) is 4.79 Å². The molecule has 0 aliphatic rings. The number of aromatic amines is 1. The quantitative estimate of drug-likeness (QED) is 0.566. The fourth-order valence-electron chi connectivity index (χ4n) is 2.74. The van der Waals surface area contributed by atoms with Crippen LogP contribution in [0.25, 0.3) is 21.5 Å². The summed E-state index contributed by atoms with van der Waals surface area (Å²) in [5.41, 5.74) is 3.24. The highest BCUT2D eigenvalue weighted by Crippen LogP contribution is 2.26. The summed E-state index contributed by atoms with van der Waals surface area (Å²) in [6, 6.07) is 17.9. The average molecular weight is 348 g/mol. The summed E-state index contributed by atoms with van der Waals surface area (Å²) in [5.74, 6) is -0.0546. The Morgan fingerprint density at radius 1 is 1.04 bits per heavy atom. The van der Waals surface area contributed by atoms with Crippen molar-refractivity contribution in [2.45, 2.75) is 12.8 Å². The van der Waals surface area contributed by atoms with Gasteiger partial charge in [0.1, 0.15) is 5.01 Å². The summed E-state index contributed by atoms with van der Waals surface area (Å²) < 4.78 is 0. The number of hydrogen-bond donors (Lipinski definition) is 2. The molecule has 2 aromatic carbocycles. The van der Waals surface area contributed by atoms with Gasteiger partial charge in [0, 0.05) is 29.1 Å². The van der Waals surface area contributed by atoms with Crippen LogP contribution in [0.4, 0.5) is 5.13 Å². The Labute approximate surface area is 148 Å². The van der Waals surface area contributed by atoms with Crippen molar-refractivity contribution in [3.8, 4) is 10.6 Å². The second-order valence-corrected chi connectivity index (χ2v) is 6.66. The molecule has 4 rings (SSSR count). The van der Waals surface area contributed by atoms with Crippen LogP contribution >= 0.6 is 11.3 Å². The van der Waals surface area contributed by atoms with E-state index >= 15 is 0 Å². The molecule has 0 bridgehead atoms. The zero-order valence-corrected chi connectivity index (χ0v) is 14.2. The molecule has 1 amide bonds. The zero-order chi connectivity index (χ0) is 17.1. The lowest BCUT2D eigenvalue weighted by Gasteiger charge is -2.01. The zero-order valence-electron chi connectivity index (χ0n) is 13.4. The van der Waals surface area contributed by atoms with Crippen LogP contribution in [0.15, 0.2) is 60.8 Å². The fraction of sp³-hybridized carbons (Fsp3) is 0.105. The maximum absolute atomic E-state index is 12.2. The molecule has 0 saturated carbocycles. The number of para-hydroxylation sites is 1. The van der Waals surface area contributed by atoms with E-state index in [0.29, 0.717) is 18.0 Å². The van der Waals surface area contributed by atoms with Crippen LogP contribution in [0.2, 0.25) is 0 Å². The number of benzene rings is 2. The van der Waals surface area contributed by atoms with Gasteiger partial charge in [-0.05, 0) is 18.1 Å². The molecule has 0 fully saturated rings. The van der Waals surface area contributed by atoms with Crippen molar-refractivity contribution in [1.29, 1.82) is 0 Å². The molecule has 124 valence electrons. The van der Waals surface area contributed by atoms with Crippen LogP contribution in [-0.4, -0.2) is 21.1 Å². The third-order valence-electron chi connectivity index (χ3n) is 3.99. The van der Waals surface area contributed by atoms with Crippen LogP contribution < -0.4 is 5.32 Å². The lowest BCUT2D eigenvalue weighted by Crippen LogP contribution is -2.12. The lowest BCUT2D eigenvalue weighted by atomic mass is 10.1. The maximum atomic E-state index is 12.2. The van der Waals surface area contributed by atoms with E-state index < -0.39 is 0 Å². The molecule has 2 N–H and O–H groups in total. The van der Waals surface area contributed by atoms with E-state index in [9.17, 15) is 4.79 Å². The number of amides is 1. The number of hydrogen-bond acceptors (Lipinski definition) is 4. The normalized spacial score (nSPS) is 10.9. The molecule has 25 heavy (non-hydrogen) atoms. The Morgan fingerprint density at radius 3 is 2.72 bits per heavy atom. The van der Waals surface area contributed by atoms with E-state index in [-0.39, 0.29) is 5.91 Å². The summed E-state index contributed by atoms with van der Waals surface area (Å²) in [6.07, 6.45) is 3.05. The topological polar surface area (TPSA) is 70.7 Å². The second kappa shape index (κ2) is 6.86. The number of fused-ring (bicyclic) bond motifs is 1. The number of carbonyl (C=O) groups is 1. The third-order valence-corrected chi connectivity index (χ3v) is 4.88. The van der Waals surface area contributed by atoms with Crippen molar-refractivity contribution < 1.29 is 4.79 Å². The van der Waals surface area contributed by atoms with Gasteiger partial charge in [0.15, 0.2) is 0 Å². The highest BCUT2D eigenvalue weighted by molar-refractivity contribution is 7.18. The summed E-state index contributed by atoms with van der Waals surface area (Å²) in [7, 11) is 0. The van der Waals surface area contributed by atoms with E-state index in [1.54, 1.807) is 0 Å². The van der Waals surface area contributed by atoms with E-state index in [1.165, 1.54) is 11.3 Å². The van der Waals surface area contributed by atoms with Gasteiger partial charge in [0.2, 0.25) is 11.0 Å². The number of nitrogens with zero attached hydrogens (tertiary/aromatic N) is 2. The minimum atomic E-state index is -0.0546. The largest absolute Gasteiger partial charge is 0.361 e. The first kappa shape index (κ1) is 15.5. The predicted octanol–water partition coefficient (Wildman–Crippen LogP) is 4.26. The molecule has 2 heterocycles. The summed E-state index contributed by atoms with van der Waals surface area (Å²) in [6.45, 7) is 0. The van der Waals surface area contributed by atoms with Crippen molar-refractivity contribution in [3.63, 3.8) is 0 Å². The standard InChI is InChI=1S/C19H16N4OS/c24-17(11-10-14-12-20-16-9-5-4-8-15(14)16)21-19-23-22-18(25-19)13-6-2-1-3-7-13/h1-9,12,20H,10-11H2,(H,21,23,24). The molecule has 4 aromatic rings. The first-order valence-electron chi connectivity index (χ1n) is 8.03. The van der Waals surface area contributed by atoms with E-state index in [4.69, 9.17) is 0 Å². The minimum Gasteiger partial charge on any atom is -0.361 e. The molecule has 0 spiro atoms. The van der Waals surface area contributed by atoms with Gasteiger partial charge in [0.25, 0.3) is 0 Å². The first-order valence-corrected chi connectivity index (χ1v) is 8.85. The molecule has 2 aromatic heterocycles. The average Bonchev–Trinajstić information content (AvgIpc) is 3.28. The SMILES string of the molecule is O=C(CCc1c[nH]c2ccccc12)Nc1nnc(-c2ccccc2)s1. The summed E-state index contributed by atoms with van der Waals surface area (Å²) in [4.78, 5) is 15.4. The van der Waals surface area contributed by atoms with Crippen LogP contribution in [0.3, 0.4) is 0 Å². The molecule has 0 atom stereocenters. The van der Waals surface area contributed by atoms with Gasteiger partial charge >= 0.3 is 0 Å². The Morgan fingerprint density at radius 2 is 1.84 bits per heavy atom.